The maximum absolute atomic E-state index is 5.70. The lowest BCUT2D eigenvalue weighted by Crippen LogP contribution is -2.18. The van der Waals surface area contributed by atoms with Gasteiger partial charge in [-0.3, -0.25) is 0 Å². The third-order valence-corrected chi connectivity index (χ3v) is 2.46. The van der Waals surface area contributed by atoms with Crippen molar-refractivity contribution in [1.82, 2.24) is 0 Å². The molecule has 0 atom stereocenters. The van der Waals surface area contributed by atoms with Crippen molar-refractivity contribution in [3.63, 3.8) is 0 Å². The van der Waals surface area contributed by atoms with E-state index < -0.39 is 0 Å². The van der Waals surface area contributed by atoms with E-state index in [9.17, 15) is 0 Å². The summed E-state index contributed by atoms with van der Waals surface area (Å²) in [5.41, 5.74) is 2.29. The Hall–Kier alpha value is -1.06. The van der Waals surface area contributed by atoms with E-state index in [-0.39, 0.29) is 6.29 Å². The largest absolute Gasteiger partial charge is 0.488 e. The minimum absolute atomic E-state index is 0.205. The second-order valence-electron chi connectivity index (χ2n) is 3.70. The summed E-state index contributed by atoms with van der Waals surface area (Å²) < 4.78 is 16.3. The summed E-state index contributed by atoms with van der Waals surface area (Å²) in [4.78, 5) is 0. The van der Waals surface area contributed by atoms with Crippen LogP contribution in [-0.4, -0.2) is 26.1 Å². The Labute approximate surface area is 90.0 Å². The van der Waals surface area contributed by atoms with Gasteiger partial charge in [-0.1, -0.05) is 18.2 Å². The molecule has 0 amide bonds. The molecule has 0 bridgehead atoms. The summed E-state index contributed by atoms with van der Waals surface area (Å²) in [6.45, 7) is 5.88. The normalized spacial score (nSPS) is 16.9. The smallest absolute Gasteiger partial charge is 0.191 e. The van der Waals surface area contributed by atoms with Crippen LogP contribution in [-0.2, 0) is 9.47 Å². The maximum Gasteiger partial charge on any atom is 0.191 e. The van der Waals surface area contributed by atoms with Crippen LogP contribution in [0.4, 0.5) is 0 Å². The number of hydrogen-bond donors (Lipinski definition) is 0. The van der Waals surface area contributed by atoms with Gasteiger partial charge in [0.05, 0.1) is 13.2 Å². The first-order chi connectivity index (χ1) is 7.27. The van der Waals surface area contributed by atoms with Crippen LogP contribution in [0, 0.1) is 13.8 Å². The molecule has 3 nitrogen and oxygen atoms in total. The fourth-order valence-electron chi connectivity index (χ4n) is 1.68. The summed E-state index contributed by atoms with van der Waals surface area (Å²) >= 11 is 0. The lowest BCUT2D eigenvalue weighted by molar-refractivity contribution is -0.0686. The molecule has 0 aromatic heterocycles. The van der Waals surface area contributed by atoms with Gasteiger partial charge in [0.1, 0.15) is 12.4 Å². The van der Waals surface area contributed by atoms with Crippen LogP contribution in [0.3, 0.4) is 0 Å². The average Bonchev–Trinajstić information content (AvgIpc) is 2.70. The first-order valence-corrected chi connectivity index (χ1v) is 5.19. The molecule has 15 heavy (non-hydrogen) atoms. The molecule has 1 saturated heterocycles. The van der Waals surface area contributed by atoms with Gasteiger partial charge in [0, 0.05) is 0 Å². The molecule has 0 spiro atoms. The first kappa shape index (κ1) is 10.5. The van der Waals surface area contributed by atoms with Crippen molar-refractivity contribution in [2.45, 2.75) is 20.1 Å². The Morgan fingerprint density at radius 3 is 2.40 bits per heavy atom. The molecule has 0 N–H and O–H groups in total. The Bertz CT molecular complexity index is 309. The minimum Gasteiger partial charge on any atom is -0.488 e. The molecule has 0 radical (unpaired) electrons. The van der Waals surface area contributed by atoms with Crippen LogP contribution in [0.5, 0.6) is 5.75 Å². The lowest BCUT2D eigenvalue weighted by atomic mass is 10.1. The third-order valence-electron chi connectivity index (χ3n) is 2.46. The van der Waals surface area contributed by atoms with Gasteiger partial charge >= 0.3 is 0 Å². The van der Waals surface area contributed by atoms with Gasteiger partial charge in [-0.15, -0.1) is 0 Å². The van der Waals surface area contributed by atoms with Crippen molar-refractivity contribution >= 4 is 0 Å². The quantitative estimate of drug-likeness (QED) is 0.761. The maximum atomic E-state index is 5.70. The van der Waals surface area contributed by atoms with Crippen molar-refractivity contribution in [2.24, 2.45) is 0 Å². The highest BCUT2D eigenvalue weighted by molar-refractivity contribution is 5.39. The zero-order valence-electron chi connectivity index (χ0n) is 9.16. The Kier molecular flexibility index (Phi) is 3.23. The van der Waals surface area contributed by atoms with Gasteiger partial charge in [0.2, 0.25) is 0 Å². The highest BCUT2D eigenvalue weighted by Crippen LogP contribution is 2.22. The second-order valence-corrected chi connectivity index (χ2v) is 3.70. The molecule has 1 fully saturated rings. The zero-order valence-corrected chi connectivity index (χ0v) is 9.16. The lowest BCUT2D eigenvalue weighted by Gasteiger charge is -2.14. The standard InChI is InChI=1S/C12H16O3/c1-9-4-3-5-10(2)12(9)15-8-11-13-6-7-14-11/h3-5,11H,6-8H2,1-2H3. The van der Waals surface area contributed by atoms with Gasteiger partial charge in [-0.2, -0.15) is 0 Å². The monoisotopic (exact) mass is 208 g/mol. The van der Waals surface area contributed by atoms with Crippen LogP contribution in [0.2, 0.25) is 0 Å². The van der Waals surface area contributed by atoms with E-state index in [1.165, 1.54) is 0 Å². The van der Waals surface area contributed by atoms with Crippen molar-refractivity contribution < 1.29 is 14.2 Å². The second kappa shape index (κ2) is 4.64. The van der Waals surface area contributed by atoms with Crippen LogP contribution in [0.15, 0.2) is 18.2 Å². The van der Waals surface area contributed by atoms with Gasteiger partial charge in [0.15, 0.2) is 6.29 Å². The van der Waals surface area contributed by atoms with Gasteiger partial charge in [-0.05, 0) is 25.0 Å². The van der Waals surface area contributed by atoms with Crippen LogP contribution in [0.25, 0.3) is 0 Å². The molecule has 0 saturated carbocycles. The molecule has 0 aliphatic carbocycles. The molecule has 1 heterocycles. The van der Waals surface area contributed by atoms with Crippen molar-refractivity contribution in [3.8, 4) is 5.75 Å². The fourth-order valence-corrected chi connectivity index (χ4v) is 1.68. The van der Waals surface area contributed by atoms with Gasteiger partial charge in [0.25, 0.3) is 0 Å². The van der Waals surface area contributed by atoms with Gasteiger partial charge in [-0.25, -0.2) is 0 Å². The molecule has 2 rings (SSSR count). The van der Waals surface area contributed by atoms with Crippen LogP contribution < -0.4 is 4.74 Å². The highest BCUT2D eigenvalue weighted by atomic mass is 16.7. The number of hydrogen-bond acceptors (Lipinski definition) is 3. The van der Waals surface area contributed by atoms with Crippen molar-refractivity contribution in [1.29, 1.82) is 0 Å². The fraction of sp³-hybridized carbons (Fsp3) is 0.500. The van der Waals surface area contributed by atoms with Crippen LogP contribution in [0.1, 0.15) is 11.1 Å². The predicted molar refractivity (Wildman–Crippen MR) is 57.1 cm³/mol. The topological polar surface area (TPSA) is 27.7 Å². The molecule has 1 aliphatic rings. The Morgan fingerprint density at radius 2 is 1.80 bits per heavy atom. The number of aryl methyl sites for hydroxylation is 2. The number of benzene rings is 1. The summed E-state index contributed by atoms with van der Waals surface area (Å²) in [5, 5.41) is 0. The highest BCUT2D eigenvalue weighted by Gasteiger charge is 2.17. The molecule has 82 valence electrons. The van der Waals surface area contributed by atoms with E-state index in [1.54, 1.807) is 0 Å². The van der Waals surface area contributed by atoms with E-state index in [0.717, 1.165) is 16.9 Å². The molecule has 0 unspecified atom stereocenters. The van der Waals surface area contributed by atoms with E-state index in [0.29, 0.717) is 19.8 Å². The zero-order chi connectivity index (χ0) is 10.7. The first-order valence-electron chi connectivity index (χ1n) is 5.19. The van der Waals surface area contributed by atoms with Crippen LogP contribution >= 0.6 is 0 Å². The minimum atomic E-state index is -0.205. The van der Waals surface area contributed by atoms with Crippen molar-refractivity contribution in [3.05, 3.63) is 29.3 Å². The summed E-state index contributed by atoms with van der Waals surface area (Å²) in [7, 11) is 0. The van der Waals surface area contributed by atoms with E-state index >= 15 is 0 Å². The SMILES string of the molecule is Cc1cccc(C)c1OCC1OCCO1. The van der Waals surface area contributed by atoms with E-state index in [1.807, 2.05) is 32.0 Å². The summed E-state index contributed by atoms with van der Waals surface area (Å²) in [5.74, 6) is 0.941. The average molecular weight is 208 g/mol. The van der Waals surface area contributed by atoms with E-state index in [4.69, 9.17) is 14.2 Å². The third kappa shape index (κ3) is 2.49. The number of ether oxygens (including phenoxy) is 3. The predicted octanol–water partition coefficient (Wildman–Crippen LogP) is 2.06. The molecule has 1 aliphatic heterocycles. The molecular formula is C12H16O3. The molecule has 1 aromatic rings. The molecular weight excluding hydrogens is 192 g/mol. The molecule has 3 heteroatoms. The summed E-state index contributed by atoms with van der Waals surface area (Å²) in [6, 6.07) is 6.11. The Balaban J connectivity index is 1.97. The molecule has 1 aromatic carbocycles. The van der Waals surface area contributed by atoms with E-state index in [2.05, 4.69) is 0 Å². The van der Waals surface area contributed by atoms with Crippen molar-refractivity contribution in [2.75, 3.05) is 19.8 Å². The number of para-hydroxylation sites is 1. The summed E-state index contributed by atoms with van der Waals surface area (Å²) in [6.07, 6.45) is -0.205. The Morgan fingerprint density at radius 1 is 1.20 bits per heavy atom. The van der Waals surface area contributed by atoms with Gasteiger partial charge < -0.3 is 14.2 Å². The number of rotatable bonds is 3.